The largest absolute Gasteiger partial charge is 0.234 e. The highest BCUT2D eigenvalue weighted by molar-refractivity contribution is 8.13. The molecule has 0 saturated heterocycles. The molecule has 0 radical (unpaired) electrons. The van der Waals surface area contributed by atoms with Crippen molar-refractivity contribution in [2.45, 2.75) is 5.38 Å². The Morgan fingerprint density at radius 1 is 1.43 bits per heavy atom. The van der Waals surface area contributed by atoms with E-state index in [1.54, 1.807) is 6.07 Å². The maximum Gasteiger partial charge on any atom is 0.234 e. The van der Waals surface area contributed by atoms with E-state index in [1.807, 2.05) is 0 Å². The Morgan fingerprint density at radius 2 is 2.07 bits per heavy atom. The van der Waals surface area contributed by atoms with Crippen LogP contribution in [-0.2, 0) is 9.05 Å². The molecule has 0 aromatic heterocycles. The van der Waals surface area contributed by atoms with Crippen LogP contribution in [0.3, 0.4) is 0 Å². The highest BCUT2D eigenvalue weighted by atomic mass is 35.7. The highest BCUT2D eigenvalue weighted by Gasteiger charge is 2.16. The first-order valence-electron chi connectivity index (χ1n) is 3.70. The summed E-state index contributed by atoms with van der Waals surface area (Å²) in [5.74, 6) is -0.875. The zero-order valence-corrected chi connectivity index (χ0v) is 9.28. The van der Waals surface area contributed by atoms with Gasteiger partial charge in [-0.15, -0.1) is 11.6 Å². The number of hydrogen-bond acceptors (Lipinski definition) is 2. The average Bonchev–Trinajstić information content (AvgIpc) is 2.01. The maximum absolute atomic E-state index is 12.7. The summed E-state index contributed by atoms with van der Waals surface area (Å²) < 4.78 is 34.1. The van der Waals surface area contributed by atoms with Gasteiger partial charge in [0.25, 0.3) is 0 Å². The zero-order valence-electron chi connectivity index (χ0n) is 6.95. The summed E-state index contributed by atoms with van der Waals surface area (Å²) in [5.41, 5.74) is 0.399. The third-order valence-corrected chi connectivity index (χ3v) is 3.25. The van der Waals surface area contributed by atoms with Crippen LogP contribution in [0.5, 0.6) is 0 Å². The molecule has 0 fully saturated rings. The first kappa shape index (κ1) is 11.8. The molecule has 1 aromatic carbocycles. The maximum atomic E-state index is 12.7. The van der Waals surface area contributed by atoms with E-state index in [0.29, 0.717) is 5.56 Å². The van der Waals surface area contributed by atoms with Gasteiger partial charge in [-0.25, -0.2) is 12.8 Å². The van der Waals surface area contributed by atoms with E-state index < -0.39 is 26.0 Å². The summed E-state index contributed by atoms with van der Waals surface area (Å²) in [5, 5.41) is -0.826. The van der Waals surface area contributed by atoms with Crippen LogP contribution < -0.4 is 0 Å². The Kier molecular flexibility index (Phi) is 3.75. The van der Waals surface area contributed by atoms with Gasteiger partial charge in [0.05, 0.1) is 11.1 Å². The van der Waals surface area contributed by atoms with Gasteiger partial charge in [0.2, 0.25) is 9.05 Å². The van der Waals surface area contributed by atoms with E-state index in [-0.39, 0.29) is 0 Å². The van der Waals surface area contributed by atoms with Crippen molar-refractivity contribution in [2.24, 2.45) is 0 Å². The average molecular weight is 257 g/mol. The lowest BCUT2D eigenvalue weighted by molar-refractivity contribution is 0.607. The molecule has 1 aromatic rings. The van der Waals surface area contributed by atoms with Crippen LogP contribution in [-0.4, -0.2) is 14.2 Å². The first-order valence-corrected chi connectivity index (χ1v) is 6.62. The summed E-state index contributed by atoms with van der Waals surface area (Å²) >= 11 is 5.73. The molecule has 0 aliphatic rings. The fourth-order valence-corrected chi connectivity index (χ4v) is 2.72. The number of alkyl halides is 1. The van der Waals surface area contributed by atoms with Gasteiger partial charge in [-0.05, 0) is 17.7 Å². The summed E-state index contributed by atoms with van der Waals surface area (Å²) in [6, 6.07) is 5.44. The number of hydrogen-bond donors (Lipinski definition) is 0. The lowest BCUT2D eigenvalue weighted by Crippen LogP contribution is -2.04. The second-order valence-electron chi connectivity index (χ2n) is 2.73. The molecule has 1 unspecified atom stereocenters. The molecule has 2 nitrogen and oxygen atoms in total. The predicted octanol–water partition coefficient (Wildman–Crippen LogP) is 2.67. The van der Waals surface area contributed by atoms with Crippen LogP contribution in [0.15, 0.2) is 24.3 Å². The lowest BCUT2D eigenvalue weighted by atomic mass is 10.2. The van der Waals surface area contributed by atoms with E-state index in [0.717, 1.165) is 0 Å². The van der Waals surface area contributed by atoms with Gasteiger partial charge in [0.15, 0.2) is 0 Å². The molecule has 6 heteroatoms. The molecule has 0 aliphatic heterocycles. The SMILES string of the molecule is O=S(=O)(Cl)CC(Cl)c1cccc(F)c1. The minimum absolute atomic E-state index is 0.399. The second kappa shape index (κ2) is 4.47. The number of benzene rings is 1. The molecular formula is C8H7Cl2FO2S. The van der Waals surface area contributed by atoms with Crippen LogP contribution in [0.4, 0.5) is 4.39 Å². The Labute approximate surface area is 91.1 Å². The zero-order chi connectivity index (χ0) is 10.8. The van der Waals surface area contributed by atoms with Gasteiger partial charge in [-0.3, -0.25) is 0 Å². The van der Waals surface area contributed by atoms with Gasteiger partial charge in [-0.2, -0.15) is 0 Å². The summed E-state index contributed by atoms with van der Waals surface area (Å²) in [7, 11) is 1.35. The monoisotopic (exact) mass is 256 g/mol. The van der Waals surface area contributed by atoms with Crippen molar-refractivity contribution in [3.05, 3.63) is 35.6 Å². The molecule has 78 valence electrons. The minimum atomic E-state index is -3.67. The standard InChI is InChI=1S/C8H7Cl2FO2S/c9-8(5-14(10,12)13)6-2-1-3-7(11)4-6/h1-4,8H,5H2. The van der Waals surface area contributed by atoms with E-state index in [9.17, 15) is 12.8 Å². The summed E-state index contributed by atoms with van der Waals surface area (Å²) in [4.78, 5) is 0. The van der Waals surface area contributed by atoms with E-state index in [4.69, 9.17) is 22.3 Å². The fraction of sp³-hybridized carbons (Fsp3) is 0.250. The third kappa shape index (κ3) is 3.82. The second-order valence-corrected chi connectivity index (χ2v) is 6.08. The Balaban J connectivity index is 2.85. The molecule has 14 heavy (non-hydrogen) atoms. The van der Waals surface area contributed by atoms with Crippen LogP contribution in [0.2, 0.25) is 0 Å². The number of rotatable bonds is 3. The number of halogens is 3. The van der Waals surface area contributed by atoms with Gasteiger partial charge < -0.3 is 0 Å². The van der Waals surface area contributed by atoms with Crippen molar-refractivity contribution in [1.29, 1.82) is 0 Å². The molecular weight excluding hydrogens is 250 g/mol. The van der Waals surface area contributed by atoms with E-state index >= 15 is 0 Å². The van der Waals surface area contributed by atoms with Crippen molar-refractivity contribution in [2.75, 3.05) is 5.75 Å². The van der Waals surface area contributed by atoms with Crippen molar-refractivity contribution >= 4 is 31.3 Å². The van der Waals surface area contributed by atoms with Gasteiger partial charge in [-0.1, -0.05) is 12.1 Å². The third-order valence-electron chi connectivity index (χ3n) is 1.56. The minimum Gasteiger partial charge on any atom is -0.212 e. The van der Waals surface area contributed by atoms with Crippen LogP contribution >= 0.6 is 22.3 Å². The van der Waals surface area contributed by atoms with E-state index in [1.165, 1.54) is 18.2 Å². The summed E-state index contributed by atoms with van der Waals surface area (Å²) in [6.07, 6.45) is 0. The van der Waals surface area contributed by atoms with Crippen molar-refractivity contribution in [3.63, 3.8) is 0 Å². The molecule has 0 N–H and O–H groups in total. The summed E-state index contributed by atoms with van der Waals surface area (Å²) in [6.45, 7) is 0. The first-order chi connectivity index (χ1) is 6.38. The van der Waals surface area contributed by atoms with Crippen LogP contribution in [0.25, 0.3) is 0 Å². The lowest BCUT2D eigenvalue weighted by Gasteiger charge is -2.06. The molecule has 0 saturated carbocycles. The highest BCUT2D eigenvalue weighted by Crippen LogP contribution is 2.23. The fourth-order valence-electron chi connectivity index (χ4n) is 0.972. The topological polar surface area (TPSA) is 34.1 Å². The quantitative estimate of drug-likeness (QED) is 0.616. The van der Waals surface area contributed by atoms with Gasteiger partial charge in [0.1, 0.15) is 5.82 Å². The van der Waals surface area contributed by atoms with Gasteiger partial charge >= 0.3 is 0 Å². The molecule has 0 amide bonds. The smallest absolute Gasteiger partial charge is 0.212 e. The van der Waals surface area contributed by atoms with Crippen molar-refractivity contribution in [3.8, 4) is 0 Å². The molecule has 0 spiro atoms. The Bertz CT molecular complexity index is 419. The Hall–Kier alpha value is -0.320. The normalized spacial score (nSPS) is 13.9. The van der Waals surface area contributed by atoms with E-state index in [2.05, 4.69) is 0 Å². The molecule has 1 rings (SSSR count). The molecule has 0 heterocycles. The Morgan fingerprint density at radius 3 is 2.57 bits per heavy atom. The molecule has 0 aliphatic carbocycles. The van der Waals surface area contributed by atoms with Crippen molar-refractivity contribution in [1.82, 2.24) is 0 Å². The van der Waals surface area contributed by atoms with Crippen molar-refractivity contribution < 1.29 is 12.8 Å². The molecule has 1 atom stereocenters. The van der Waals surface area contributed by atoms with Crippen LogP contribution in [0, 0.1) is 5.82 Å². The van der Waals surface area contributed by atoms with Crippen LogP contribution in [0.1, 0.15) is 10.9 Å². The predicted molar refractivity (Wildman–Crippen MR) is 54.6 cm³/mol. The van der Waals surface area contributed by atoms with Gasteiger partial charge in [0, 0.05) is 10.7 Å². The molecule has 0 bridgehead atoms.